The molecule has 0 radical (unpaired) electrons. The molecule has 1 rings (SSSR count). The lowest BCUT2D eigenvalue weighted by Gasteiger charge is -2.35. The van der Waals surface area contributed by atoms with Crippen LogP contribution in [0.25, 0.3) is 0 Å². The van der Waals surface area contributed by atoms with Crippen LogP contribution in [0.15, 0.2) is 12.1 Å². The summed E-state index contributed by atoms with van der Waals surface area (Å²) in [7, 11) is 0. The Morgan fingerprint density at radius 1 is 1.00 bits per heavy atom. The molecular formula is C16H26ClN. The van der Waals surface area contributed by atoms with Gasteiger partial charge in [-0.05, 0) is 62.8 Å². The van der Waals surface area contributed by atoms with Gasteiger partial charge in [0.15, 0.2) is 0 Å². The number of benzene rings is 1. The number of nitrogens with one attached hydrogen (secondary N) is 1. The predicted molar refractivity (Wildman–Crippen MR) is 82.7 cm³/mol. The topological polar surface area (TPSA) is 12.0 Å². The quantitative estimate of drug-likeness (QED) is 0.753. The largest absolute Gasteiger partial charge is 0.380 e. The zero-order valence-corrected chi connectivity index (χ0v) is 13.5. The van der Waals surface area contributed by atoms with Crippen molar-refractivity contribution in [1.82, 2.24) is 0 Å². The van der Waals surface area contributed by atoms with Gasteiger partial charge in [-0.25, -0.2) is 0 Å². The minimum atomic E-state index is 0.0727. The Hall–Kier alpha value is -0.690. The SMILES string of the molecule is Cc1c(Cl)ccc(NC(C)(C)CC(C)(C)C)c1C. The Kier molecular flexibility index (Phi) is 4.38. The fraction of sp³-hybridized carbons (Fsp3) is 0.625. The maximum Gasteiger partial charge on any atom is 0.0439 e. The van der Waals surface area contributed by atoms with Gasteiger partial charge in [0.2, 0.25) is 0 Å². The van der Waals surface area contributed by atoms with Crippen molar-refractivity contribution in [1.29, 1.82) is 0 Å². The first-order valence-corrected chi connectivity index (χ1v) is 6.93. The zero-order chi connectivity index (χ0) is 14.1. The molecule has 0 saturated heterocycles. The van der Waals surface area contributed by atoms with Crippen LogP contribution in [0.4, 0.5) is 5.69 Å². The molecule has 0 aliphatic heterocycles. The van der Waals surface area contributed by atoms with Crippen LogP contribution in [0.1, 0.15) is 52.2 Å². The molecule has 0 bridgehead atoms. The van der Waals surface area contributed by atoms with E-state index in [2.05, 4.69) is 59.8 Å². The van der Waals surface area contributed by atoms with E-state index in [1.807, 2.05) is 6.07 Å². The first-order chi connectivity index (χ1) is 8.02. The minimum Gasteiger partial charge on any atom is -0.380 e. The Bertz CT molecular complexity index is 427. The Labute approximate surface area is 117 Å². The van der Waals surface area contributed by atoms with Crippen LogP contribution in [0.3, 0.4) is 0 Å². The number of rotatable bonds is 3. The number of hydrogen-bond acceptors (Lipinski definition) is 1. The summed E-state index contributed by atoms with van der Waals surface area (Å²) in [6, 6.07) is 4.05. The summed E-state index contributed by atoms with van der Waals surface area (Å²) in [6.45, 7) is 15.5. The van der Waals surface area contributed by atoms with E-state index >= 15 is 0 Å². The second-order valence-corrected chi connectivity index (χ2v) is 7.50. The Balaban J connectivity index is 2.94. The molecule has 18 heavy (non-hydrogen) atoms. The number of halogens is 1. The van der Waals surface area contributed by atoms with Gasteiger partial charge in [0.1, 0.15) is 0 Å². The van der Waals surface area contributed by atoms with Crippen LogP contribution in [-0.2, 0) is 0 Å². The second-order valence-electron chi connectivity index (χ2n) is 7.09. The Morgan fingerprint density at radius 3 is 2.06 bits per heavy atom. The van der Waals surface area contributed by atoms with E-state index in [-0.39, 0.29) is 5.54 Å². The average molecular weight is 268 g/mol. The first-order valence-electron chi connectivity index (χ1n) is 6.56. The van der Waals surface area contributed by atoms with Gasteiger partial charge >= 0.3 is 0 Å². The summed E-state index contributed by atoms with van der Waals surface area (Å²) >= 11 is 6.14. The molecular weight excluding hydrogens is 242 g/mol. The van der Waals surface area contributed by atoms with Crippen molar-refractivity contribution >= 4 is 17.3 Å². The van der Waals surface area contributed by atoms with Gasteiger partial charge < -0.3 is 5.32 Å². The molecule has 1 aromatic rings. The fourth-order valence-electron chi connectivity index (χ4n) is 2.66. The molecule has 102 valence electrons. The third kappa shape index (κ3) is 4.20. The molecule has 0 amide bonds. The van der Waals surface area contributed by atoms with Crippen LogP contribution in [-0.4, -0.2) is 5.54 Å². The summed E-state index contributed by atoms with van der Waals surface area (Å²) in [4.78, 5) is 0. The molecule has 0 aliphatic carbocycles. The summed E-state index contributed by atoms with van der Waals surface area (Å²) in [6.07, 6.45) is 1.11. The predicted octanol–water partition coefficient (Wildman–Crippen LogP) is 5.58. The summed E-state index contributed by atoms with van der Waals surface area (Å²) in [5.41, 5.74) is 3.97. The lowest BCUT2D eigenvalue weighted by molar-refractivity contribution is 0.302. The van der Waals surface area contributed by atoms with Gasteiger partial charge in [0, 0.05) is 16.2 Å². The van der Waals surface area contributed by atoms with Crippen molar-refractivity contribution in [2.24, 2.45) is 5.41 Å². The third-order valence-electron chi connectivity index (χ3n) is 3.17. The molecule has 1 N–H and O–H groups in total. The second kappa shape index (κ2) is 5.13. The maximum absolute atomic E-state index is 6.14. The standard InChI is InChI=1S/C16H26ClN/c1-11-12(2)14(9-8-13(11)17)18-16(6,7)10-15(3,4)5/h8-9,18H,10H2,1-7H3. The van der Waals surface area contributed by atoms with E-state index < -0.39 is 0 Å². The van der Waals surface area contributed by atoms with Crippen molar-refractivity contribution < 1.29 is 0 Å². The van der Waals surface area contributed by atoms with Crippen LogP contribution >= 0.6 is 11.6 Å². The highest BCUT2D eigenvalue weighted by Gasteiger charge is 2.25. The van der Waals surface area contributed by atoms with E-state index in [0.29, 0.717) is 5.41 Å². The molecule has 0 fully saturated rings. The molecule has 1 aromatic carbocycles. The lowest BCUT2D eigenvalue weighted by atomic mass is 9.81. The van der Waals surface area contributed by atoms with E-state index in [0.717, 1.165) is 17.0 Å². The smallest absolute Gasteiger partial charge is 0.0439 e. The zero-order valence-electron chi connectivity index (χ0n) is 12.7. The van der Waals surface area contributed by atoms with Crippen molar-refractivity contribution in [3.63, 3.8) is 0 Å². The highest BCUT2D eigenvalue weighted by Crippen LogP contribution is 2.32. The molecule has 2 heteroatoms. The fourth-order valence-corrected chi connectivity index (χ4v) is 2.86. The molecule has 0 saturated carbocycles. The van der Waals surface area contributed by atoms with Crippen molar-refractivity contribution in [2.45, 2.75) is 60.4 Å². The summed E-state index contributed by atoms with van der Waals surface area (Å²) in [5.74, 6) is 0. The summed E-state index contributed by atoms with van der Waals surface area (Å²) < 4.78 is 0. The van der Waals surface area contributed by atoms with Gasteiger partial charge in [-0.1, -0.05) is 32.4 Å². The van der Waals surface area contributed by atoms with Crippen LogP contribution < -0.4 is 5.32 Å². The molecule has 0 aromatic heterocycles. The molecule has 0 aliphatic rings. The Morgan fingerprint density at radius 2 is 1.56 bits per heavy atom. The lowest BCUT2D eigenvalue weighted by Crippen LogP contribution is -2.35. The third-order valence-corrected chi connectivity index (χ3v) is 3.58. The van der Waals surface area contributed by atoms with Crippen LogP contribution in [0, 0.1) is 19.3 Å². The molecule has 0 atom stereocenters. The first kappa shape index (κ1) is 15.4. The number of hydrogen-bond donors (Lipinski definition) is 1. The van der Waals surface area contributed by atoms with Crippen LogP contribution in [0.2, 0.25) is 5.02 Å². The van der Waals surface area contributed by atoms with Gasteiger partial charge in [0.05, 0.1) is 0 Å². The van der Waals surface area contributed by atoms with Gasteiger partial charge in [-0.3, -0.25) is 0 Å². The van der Waals surface area contributed by atoms with E-state index in [1.165, 1.54) is 11.3 Å². The molecule has 0 heterocycles. The highest BCUT2D eigenvalue weighted by atomic mass is 35.5. The molecule has 1 nitrogen and oxygen atoms in total. The van der Waals surface area contributed by atoms with Crippen molar-refractivity contribution in [3.05, 3.63) is 28.3 Å². The molecule has 0 unspecified atom stereocenters. The normalized spacial score (nSPS) is 12.7. The van der Waals surface area contributed by atoms with Crippen molar-refractivity contribution in [2.75, 3.05) is 5.32 Å². The number of anilines is 1. The van der Waals surface area contributed by atoms with Gasteiger partial charge in [0.25, 0.3) is 0 Å². The van der Waals surface area contributed by atoms with Crippen LogP contribution in [0.5, 0.6) is 0 Å². The van der Waals surface area contributed by atoms with E-state index in [4.69, 9.17) is 11.6 Å². The highest BCUT2D eigenvalue weighted by molar-refractivity contribution is 6.31. The molecule has 0 spiro atoms. The van der Waals surface area contributed by atoms with Gasteiger partial charge in [-0.2, -0.15) is 0 Å². The maximum atomic E-state index is 6.14. The van der Waals surface area contributed by atoms with E-state index in [9.17, 15) is 0 Å². The average Bonchev–Trinajstić information content (AvgIpc) is 2.15. The minimum absolute atomic E-state index is 0.0727. The van der Waals surface area contributed by atoms with Gasteiger partial charge in [-0.15, -0.1) is 0 Å². The summed E-state index contributed by atoms with van der Waals surface area (Å²) in [5, 5.41) is 4.49. The van der Waals surface area contributed by atoms with Crippen molar-refractivity contribution in [3.8, 4) is 0 Å². The van der Waals surface area contributed by atoms with E-state index in [1.54, 1.807) is 0 Å². The monoisotopic (exact) mass is 267 g/mol.